The Hall–Kier alpha value is -1.56. The summed E-state index contributed by atoms with van der Waals surface area (Å²) in [5.41, 5.74) is 1.56. The fraction of sp³-hybridized carbons (Fsp3) is 0.600. The summed E-state index contributed by atoms with van der Waals surface area (Å²) >= 11 is 0. The number of hydrogen-bond donors (Lipinski definition) is 1. The third-order valence-electron chi connectivity index (χ3n) is 4.07. The molecule has 0 amide bonds. The molecule has 1 heterocycles. The lowest BCUT2D eigenvalue weighted by Gasteiger charge is -2.28. The molecular weight excluding hydrogens is 222 g/mol. The van der Waals surface area contributed by atoms with Crippen molar-refractivity contribution in [3.05, 3.63) is 24.0 Å². The van der Waals surface area contributed by atoms with Gasteiger partial charge in [-0.3, -0.25) is 4.98 Å². The van der Waals surface area contributed by atoms with Gasteiger partial charge < -0.3 is 5.32 Å². The smallest absolute Gasteiger partial charge is 0.101 e. The van der Waals surface area contributed by atoms with Crippen LogP contribution in [0.25, 0.3) is 0 Å². The molecule has 0 radical (unpaired) electrons. The van der Waals surface area contributed by atoms with Gasteiger partial charge in [-0.25, -0.2) is 0 Å². The topological polar surface area (TPSA) is 48.7 Å². The van der Waals surface area contributed by atoms with Crippen LogP contribution in [0.1, 0.15) is 44.6 Å². The summed E-state index contributed by atoms with van der Waals surface area (Å²) < 4.78 is 0. The number of hydrogen-bond acceptors (Lipinski definition) is 3. The van der Waals surface area contributed by atoms with Gasteiger partial charge in [-0.05, 0) is 30.7 Å². The average molecular weight is 243 g/mol. The van der Waals surface area contributed by atoms with E-state index < -0.39 is 0 Å². The molecule has 1 aliphatic rings. The summed E-state index contributed by atoms with van der Waals surface area (Å²) in [6.07, 6.45) is 10.1. The Bertz CT molecular complexity index is 414. The van der Waals surface area contributed by atoms with Crippen LogP contribution in [0, 0.1) is 23.2 Å². The van der Waals surface area contributed by atoms with Gasteiger partial charge in [-0.15, -0.1) is 0 Å². The molecule has 1 aromatic rings. The molecule has 96 valence electrons. The Kier molecular flexibility index (Phi) is 4.58. The molecule has 0 saturated heterocycles. The quantitative estimate of drug-likeness (QED) is 0.879. The summed E-state index contributed by atoms with van der Waals surface area (Å²) in [6, 6.07) is 3.96. The van der Waals surface area contributed by atoms with Crippen LogP contribution in [0.4, 0.5) is 5.69 Å². The minimum absolute atomic E-state index is 0.687. The van der Waals surface area contributed by atoms with E-state index >= 15 is 0 Å². The number of aromatic nitrogens is 1. The van der Waals surface area contributed by atoms with E-state index in [1.807, 2.05) is 0 Å². The van der Waals surface area contributed by atoms with Crippen LogP contribution in [0.3, 0.4) is 0 Å². The van der Waals surface area contributed by atoms with Crippen LogP contribution in [-0.4, -0.2) is 11.5 Å². The molecule has 1 N–H and O–H groups in total. The highest BCUT2D eigenvalue weighted by Gasteiger charge is 2.19. The maximum Gasteiger partial charge on any atom is 0.101 e. The van der Waals surface area contributed by atoms with Gasteiger partial charge in [0, 0.05) is 12.7 Å². The lowest BCUT2D eigenvalue weighted by molar-refractivity contribution is 0.278. The summed E-state index contributed by atoms with van der Waals surface area (Å²) in [5.74, 6) is 1.69. The predicted octanol–water partition coefficient (Wildman–Crippen LogP) is 3.58. The molecule has 0 unspecified atom stereocenters. The molecule has 2 rings (SSSR count). The third kappa shape index (κ3) is 3.22. The van der Waals surface area contributed by atoms with Crippen LogP contribution < -0.4 is 5.32 Å². The zero-order valence-corrected chi connectivity index (χ0v) is 11.0. The van der Waals surface area contributed by atoms with Crippen LogP contribution in [0.2, 0.25) is 0 Å². The second-order valence-corrected chi connectivity index (χ2v) is 5.21. The van der Waals surface area contributed by atoms with E-state index in [0.717, 1.165) is 24.1 Å². The minimum atomic E-state index is 0.687. The molecule has 1 fully saturated rings. The molecule has 18 heavy (non-hydrogen) atoms. The SMILES string of the molecule is CCC1CCC(CNc2cnccc2C#N)CC1. The summed E-state index contributed by atoms with van der Waals surface area (Å²) in [7, 11) is 0. The van der Waals surface area contributed by atoms with Gasteiger partial charge in [0.25, 0.3) is 0 Å². The maximum absolute atomic E-state index is 9.00. The minimum Gasteiger partial charge on any atom is -0.382 e. The van der Waals surface area contributed by atoms with Crippen molar-refractivity contribution < 1.29 is 0 Å². The molecule has 0 spiro atoms. The van der Waals surface area contributed by atoms with Crippen molar-refractivity contribution in [2.75, 3.05) is 11.9 Å². The van der Waals surface area contributed by atoms with E-state index in [-0.39, 0.29) is 0 Å². The zero-order valence-electron chi connectivity index (χ0n) is 11.0. The lowest BCUT2D eigenvalue weighted by atomic mass is 9.81. The molecule has 0 bridgehead atoms. The zero-order chi connectivity index (χ0) is 12.8. The highest BCUT2D eigenvalue weighted by molar-refractivity contribution is 5.55. The molecule has 0 aliphatic heterocycles. The number of anilines is 1. The fourth-order valence-electron chi connectivity index (χ4n) is 2.73. The standard InChI is InChI=1S/C15H21N3/c1-2-12-3-5-13(6-4-12)10-18-15-11-17-8-7-14(15)9-16/h7-8,11-13,18H,2-6,10H2,1H3. The molecule has 1 saturated carbocycles. The first-order valence-electron chi connectivity index (χ1n) is 6.91. The van der Waals surface area contributed by atoms with Crippen molar-refractivity contribution in [2.24, 2.45) is 11.8 Å². The molecule has 0 atom stereocenters. The Labute approximate surface area is 109 Å². The molecular formula is C15H21N3. The molecule has 1 aromatic heterocycles. The first-order chi connectivity index (χ1) is 8.83. The van der Waals surface area contributed by atoms with Crippen molar-refractivity contribution in [3.63, 3.8) is 0 Å². The van der Waals surface area contributed by atoms with Crippen molar-refractivity contribution in [3.8, 4) is 6.07 Å². The second kappa shape index (κ2) is 6.39. The Morgan fingerprint density at radius 1 is 1.33 bits per heavy atom. The van der Waals surface area contributed by atoms with Crippen LogP contribution in [-0.2, 0) is 0 Å². The first kappa shape index (κ1) is 12.9. The summed E-state index contributed by atoms with van der Waals surface area (Å²) in [4.78, 5) is 4.07. The van der Waals surface area contributed by atoms with Crippen molar-refractivity contribution in [1.29, 1.82) is 5.26 Å². The molecule has 0 aromatic carbocycles. The van der Waals surface area contributed by atoms with Crippen molar-refractivity contribution in [2.45, 2.75) is 39.0 Å². The van der Waals surface area contributed by atoms with Crippen LogP contribution in [0.5, 0.6) is 0 Å². The number of nitrogens with zero attached hydrogens (tertiary/aromatic N) is 2. The Morgan fingerprint density at radius 3 is 2.72 bits per heavy atom. The molecule has 1 aliphatic carbocycles. The van der Waals surface area contributed by atoms with Gasteiger partial charge >= 0.3 is 0 Å². The highest BCUT2D eigenvalue weighted by atomic mass is 14.9. The average Bonchev–Trinajstić information content (AvgIpc) is 2.46. The Morgan fingerprint density at radius 2 is 2.06 bits per heavy atom. The summed E-state index contributed by atoms with van der Waals surface area (Å²) in [5, 5.41) is 12.4. The van der Waals surface area contributed by atoms with E-state index in [4.69, 9.17) is 5.26 Å². The van der Waals surface area contributed by atoms with Crippen LogP contribution >= 0.6 is 0 Å². The van der Waals surface area contributed by atoms with E-state index in [1.165, 1.54) is 32.1 Å². The monoisotopic (exact) mass is 243 g/mol. The van der Waals surface area contributed by atoms with Gasteiger partial charge in [0.05, 0.1) is 17.4 Å². The van der Waals surface area contributed by atoms with Crippen molar-refractivity contribution in [1.82, 2.24) is 4.98 Å². The lowest BCUT2D eigenvalue weighted by Crippen LogP contribution is -2.21. The van der Waals surface area contributed by atoms with Gasteiger partial charge in [0.2, 0.25) is 0 Å². The van der Waals surface area contributed by atoms with Crippen molar-refractivity contribution >= 4 is 5.69 Å². The van der Waals surface area contributed by atoms with E-state index in [1.54, 1.807) is 18.5 Å². The van der Waals surface area contributed by atoms with E-state index in [0.29, 0.717) is 5.56 Å². The number of rotatable bonds is 4. The van der Waals surface area contributed by atoms with Gasteiger partial charge in [0.1, 0.15) is 6.07 Å². The third-order valence-corrected chi connectivity index (χ3v) is 4.07. The second-order valence-electron chi connectivity index (χ2n) is 5.21. The number of pyridine rings is 1. The Balaban J connectivity index is 1.84. The van der Waals surface area contributed by atoms with Gasteiger partial charge in [-0.1, -0.05) is 26.2 Å². The number of nitrogens with one attached hydrogen (secondary N) is 1. The number of nitriles is 1. The molecule has 3 heteroatoms. The maximum atomic E-state index is 9.00. The highest BCUT2D eigenvalue weighted by Crippen LogP contribution is 2.30. The largest absolute Gasteiger partial charge is 0.382 e. The normalized spacial score (nSPS) is 23.3. The van der Waals surface area contributed by atoms with Crippen LogP contribution in [0.15, 0.2) is 18.5 Å². The van der Waals surface area contributed by atoms with Gasteiger partial charge in [0.15, 0.2) is 0 Å². The van der Waals surface area contributed by atoms with E-state index in [9.17, 15) is 0 Å². The van der Waals surface area contributed by atoms with Gasteiger partial charge in [-0.2, -0.15) is 5.26 Å². The summed E-state index contributed by atoms with van der Waals surface area (Å²) in [6.45, 7) is 3.26. The van der Waals surface area contributed by atoms with E-state index in [2.05, 4.69) is 23.3 Å². The molecule has 3 nitrogen and oxygen atoms in total. The first-order valence-corrected chi connectivity index (χ1v) is 6.91. The fourth-order valence-corrected chi connectivity index (χ4v) is 2.73. The predicted molar refractivity (Wildman–Crippen MR) is 73.2 cm³/mol.